The first-order chi connectivity index (χ1) is 10.0. The van der Waals surface area contributed by atoms with E-state index in [-0.39, 0.29) is 11.5 Å². The monoisotopic (exact) mass is 291 g/mol. The van der Waals surface area contributed by atoms with Crippen molar-refractivity contribution in [3.05, 3.63) is 65.2 Å². The van der Waals surface area contributed by atoms with Crippen LogP contribution in [0.4, 0.5) is 14.5 Å². The van der Waals surface area contributed by atoms with Crippen LogP contribution >= 0.6 is 0 Å². The zero-order valence-corrected chi connectivity index (χ0v) is 10.7. The number of amidine groups is 1. The fourth-order valence-corrected chi connectivity index (χ4v) is 1.72. The number of nitrogens with one attached hydrogen (secondary N) is 1. The molecule has 2 aromatic rings. The van der Waals surface area contributed by atoms with Gasteiger partial charge in [-0.15, -0.1) is 0 Å². The van der Waals surface area contributed by atoms with Crippen LogP contribution in [0.1, 0.15) is 15.9 Å². The Balaban J connectivity index is 2.28. The lowest BCUT2D eigenvalue weighted by Gasteiger charge is -2.08. The molecule has 0 aliphatic rings. The van der Waals surface area contributed by atoms with Gasteiger partial charge in [0.15, 0.2) is 5.84 Å². The molecule has 0 atom stereocenters. The molecule has 2 rings (SSSR count). The van der Waals surface area contributed by atoms with E-state index < -0.39 is 23.1 Å². The fraction of sp³-hybridized carbons (Fsp3) is 0. The molecule has 0 spiro atoms. The molecule has 0 saturated carbocycles. The van der Waals surface area contributed by atoms with E-state index in [1.807, 2.05) is 0 Å². The molecule has 0 unspecified atom stereocenters. The van der Waals surface area contributed by atoms with Gasteiger partial charge in [0.2, 0.25) is 0 Å². The first-order valence-corrected chi connectivity index (χ1v) is 5.86. The van der Waals surface area contributed by atoms with Crippen molar-refractivity contribution in [2.45, 2.75) is 0 Å². The van der Waals surface area contributed by atoms with Crippen molar-refractivity contribution in [2.24, 2.45) is 10.9 Å². The molecular formula is C14H11F2N3O2. The molecule has 0 aliphatic carbocycles. The smallest absolute Gasteiger partial charge is 0.261 e. The van der Waals surface area contributed by atoms with E-state index in [9.17, 15) is 13.6 Å². The second kappa shape index (κ2) is 6.00. The predicted molar refractivity (Wildman–Crippen MR) is 73.3 cm³/mol. The molecule has 4 N–H and O–H groups in total. The van der Waals surface area contributed by atoms with E-state index in [1.54, 1.807) is 12.1 Å². The Morgan fingerprint density at radius 1 is 1.14 bits per heavy atom. The molecule has 108 valence electrons. The Morgan fingerprint density at radius 3 is 2.38 bits per heavy atom. The largest absolute Gasteiger partial charge is 0.409 e. The summed E-state index contributed by atoms with van der Waals surface area (Å²) in [5.74, 6) is -2.99. The van der Waals surface area contributed by atoms with E-state index in [0.717, 1.165) is 12.1 Å². The summed E-state index contributed by atoms with van der Waals surface area (Å²) >= 11 is 0. The molecule has 7 heteroatoms. The number of hydrogen-bond acceptors (Lipinski definition) is 3. The molecule has 21 heavy (non-hydrogen) atoms. The van der Waals surface area contributed by atoms with Gasteiger partial charge in [-0.25, -0.2) is 8.78 Å². The van der Waals surface area contributed by atoms with Gasteiger partial charge in [-0.2, -0.15) is 0 Å². The number of benzene rings is 2. The average Bonchev–Trinajstić information content (AvgIpc) is 2.46. The van der Waals surface area contributed by atoms with Crippen molar-refractivity contribution in [2.75, 3.05) is 5.32 Å². The summed E-state index contributed by atoms with van der Waals surface area (Å²) in [4.78, 5) is 11.9. The lowest BCUT2D eigenvalue weighted by atomic mass is 10.1. The van der Waals surface area contributed by atoms with Crippen molar-refractivity contribution in [1.82, 2.24) is 0 Å². The van der Waals surface area contributed by atoms with Crippen molar-refractivity contribution in [3.8, 4) is 0 Å². The first-order valence-electron chi connectivity index (χ1n) is 5.86. The van der Waals surface area contributed by atoms with E-state index in [1.165, 1.54) is 18.2 Å². The molecule has 0 saturated heterocycles. The third-order valence-electron chi connectivity index (χ3n) is 2.71. The van der Waals surface area contributed by atoms with Gasteiger partial charge in [0, 0.05) is 11.3 Å². The highest BCUT2D eigenvalue weighted by molar-refractivity contribution is 6.05. The number of nitrogens with zero attached hydrogens (tertiary/aromatic N) is 1. The molecule has 2 aromatic carbocycles. The van der Waals surface area contributed by atoms with E-state index in [4.69, 9.17) is 10.9 Å². The highest BCUT2D eigenvalue weighted by Gasteiger charge is 2.17. The lowest BCUT2D eigenvalue weighted by Crippen LogP contribution is -2.17. The number of anilines is 1. The van der Waals surface area contributed by atoms with Crippen LogP contribution < -0.4 is 11.1 Å². The summed E-state index contributed by atoms with van der Waals surface area (Å²) in [5, 5.41) is 13.8. The van der Waals surface area contributed by atoms with Crippen LogP contribution in [0.5, 0.6) is 0 Å². The highest BCUT2D eigenvalue weighted by Crippen LogP contribution is 2.16. The van der Waals surface area contributed by atoms with Crippen LogP contribution in [0.2, 0.25) is 0 Å². The Kier molecular flexibility index (Phi) is 4.13. The van der Waals surface area contributed by atoms with Gasteiger partial charge in [-0.05, 0) is 24.3 Å². The summed E-state index contributed by atoms with van der Waals surface area (Å²) in [6.45, 7) is 0. The van der Waals surface area contributed by atoms with Gasteiger partial charge in [-0.3, -0.25) is 4.79 Å². The fourth-order valence-electron chi connectivity index (χ4n) is 1.72. The normalized spacial score (nSPS) is 11.2. The number of halogens is 2. The number of amides is 1. The second-order valence-corrected chi connectivity index (χ2v) is 4.12. The van der Waals surface area contributed by atoms with Crippen LogP contribution in [0.25, 0.3) is 0 Å². The molecule has 0 aliphatic heterocycles. The first kappa shape index (κ1) is 14.4. The van der Waals surface area contributed by atoms with Crippen molar-refractivity contribution >= 4 is 17.4 Å². The molecule has 1 amide bonds. The Bertz CT molecular complexity index is 697. The van der Waals surface area contributed by atoms with Gasteiger partial charge in [-0.1, -0.05) is 23.4 Å². The minimum Gasteiger partial charge on any atom is -0.409 e. The zero-order valence-electron chi connectivity index (χ0n) is 10.7. The molecule has 0 bridgehead atoms. The molecule has 0 heterocycles. The van der Waals surface area contributed by atoms with Crippen LogP contribution in [0.3, 0.4) is 0 Å². The summed E-state index contributed by atoms with van der Waals surface area (Å²) in [5.41, 5.74) is 5.35. The standard InChI is InChI=1S/C14H11F2N3O2/c15-10-5-2-6-11(16)12(10)14(20)18-9-4-1-3-8(7-9)13(17)19-21/h1-7,21H,(H2,17,19)(H,18,20). The van der Waals surface area contributed by atoms with Crippen LogP contribution in [0.15, 0.2) is 47.6 Å². The topological polar surface area (TPSA) is 87.7 Å². The highest BCUT2D eigenvalue weighted by atomic mass is 19.1. The maximum absolute atomic E-state index is 13.5. The van der Waals surface area contributed by atoms with Gasteiger partial charge in [0.25, 0.3) is 5.91 Å². The van der Waals surface area contributed by atoms with Crippen LogP contribution in [0, 0.1) is 11.6 Å². The van der Waals surface area contributed by atoms with E-state index in [0.29, 0.717) is 5.56 Å². The Morgan fingerprint density at radius 2 is 1.76 bits per heavy atom. The lowest BCUT2D eigenvalue weighted by molar-refractivity contribution is 0.101. The number of oxime groups is 1. The quantitative estimate of drug-likeness (QED) is 0.351. The Labute approximate surface area is 118 Å². The van der Waals surface area contributed by atoms with Crippen molar-refractivity contribution in [1.29, 1.82) is 0 Å². The summed E-state index contributed by atoms with van der Waals surface area (Å²) in [6.07, 6.45) is 0. The van der Waals surface area contributed by atoms with Gasteiger partial charge in [0.1, 0.15) is 17.2 Å². The van der Waals surface area contributed by atoms with E-state index in [2.05, 4.69) is 10.5 Å². The second-order valence-electron chi connectivity index (χ2n) is 4.12. The van der Waals surface area contributed by atoms with Crippen molar-refractivity contribution < 1.29 is 18.8 Å². The Hall–Kier alpha value is -2.96. The maximum atomic E-state index is 13.5. The molecule has 5 nitrogen and oxygen atoms in total. The average molecular weight is 291 g/mol. The van der Waals surface area contributed by atoms with Gasteiger partial charge in [0.05, 0.1) is 0 Å². The minimum atomic E-state index is -0.958. The van der Waals surface area contributed by atoms with Gasteiger partial charge < -0.3 is 16.3 Å². The van der Waals surface area contributed by atoms with Crippen LogP contribution in [-0.2, 0) is 0 Å². The van der Waals surface area contributed by atoms with Gasteiger partial charge >= 0.3 is 0 Å². The summed E-state index contributed by atoms with van der Waals surface area (Å²) in [6, 6.07) is 9.15. The summed E-state index contributed by atoms with van der Waals surface area (Å²) in [7, 11) is 0. The van der Waals surface area contributed by atoms with Crippen LogP contribution in [-0.4, -0.2) is 17.0 Å². The number of nitrogens with two attached hydrogens (primary N) is 1. The predicted octanol–water partition coefficient (Wildman–Crippen LogP) is 2.31. The zero-order chi connectivity index (χ0) is 15.4. The number of hydrogen-bond donors (Lipinski definition) is 3. The third-order valence-corrected chi connectivity index (χ3v) is 2.71. The van der Waals surface area contributed by atoms with E-state index >= 15 is 0 Å². The molecule has 0 fully saturated rings. The molecule has 0 aromatic heterocycles. The number of rotatable bonds is 3. The third kappa shape index (κ3) is 3.14. The van der Waals surface area contributed by atoms with Crippen molar-refractivity contribution in [3.63, 3.8) is 0 Å². The number of carbonyl (C=O) groups excluding carboxylic acids is 1. The SMILES string of the molecule is N/C(=N/O)c1cccc(NC(=O)c2c(F)cccc2F)c1. The maximum Gasteiger partial charge on any atom is 0.261 e. The minimum absolute atomic E-state index is 0.150. The summed E-state index contributed by atoms with van der Waals surface area (Å²) < 4.78 is 27.0. The molecular weight excluding hydrogens is 280 g/mol. The number of carbonyl (C=O) groups is 1. The molecule has 0 radical (unpaired) electrons.